The number of piperidine rings is 1. The van der Waals surface area contributed by atoms with Crippen molar-refractivity contribution < 1.29 is 4.79 Å². The highest BCUT2D eigenvalue weighted by atomic mass is 16.2. The monoisotopic (exact) mass is 482 g/mol. The van der Waals surface area contributed by atoms with Crippen molar-refractivity contribution in [1.82, 2.24) is 24.8 Å². The van der Waals surface area contributed by atoms with Crippen LogP contribution in [0.5, 0.6) is 0 Å². The van der Waals surface area contributed by atoms with E-state index in [1.54, 1.807) is 12.5 Å². The molecule has 1 aliphatic rings. The molecule has 36 heavy (non-hydrogen) atoms. The fourth-order valence-corrected chi connectivity index (χ4v) is 4.94. The highest BCUT2D eigenvalue weighted by molar-refractivity contribution is 5.83. The minimum atomic E-state index is -0.104. The molecule has 3 heterocycles. The van der Waals surface area contributed by atoms with Crippen LogP contribution in [0, 0.1) is 12.8 Å². The predicted molar refractivity (Wildman–Crippen MR) is 143 cm³/mol. The molecule has 2 aromatic carbocycles. The lowest BCUT2D eigenvalue weighted by atomic mass is 9.95. The molecule has 1 aliphatic heterocycles. The maximum Gasteiger partial charge on any atom is 0.226 e. The Morgan fingerprint density at radius 3 is 2.53 bits per heavy atom. The van der Waals surface area contributed by atoms with Crippen molar-refractivity contribution >= 4 is 22.8 Å². The first-order chi connectivity index (χ1) is 17.5. The molecule has 0 unspecified atom stereocenters. The molecule has 7 heteroatoms. The van der Waals surface area contributed by atoms with Crippen molar-refractivity contribution in [2.75, 3.05) is 18.0 Å². The van der Waals surface area contributed by atoms with Gasteiger partial charge in [0.2, 0.25) is 11.9 Å². The minimum Gasteiger partial charge on any atom is -0.347 e. The van der Waals surface area contributed by atoms with Gasteiger partial charge in [-0.05, 0) is 48.9 Å². The van der Waals surface area contributed by atoms with Crippen molar-refractivity contribution in [1.29, 1.82) is 0 Å². The zero-order valence-electron chi connectivity index (χ0n) is 21.3. The Morgan fingerprint density at radius 2 is 1.83 bits per heavy atom. The Kier molecular flexibility index (Phi) is 6.98. The molecule has 1 saturated heterocycles. The zero-order valence-corrected chi connectivity index (χ0v) is 21.3. The summed E-state index contributed by atoms with van der Waals surface area (Å²) in [6.45, 7) is 8.64. The molecule has 0 spiro atoms. The summed E-state index contributed by atoms with van der Waals surface area (Å²) in [6, 6.07) is 16.5. The minimum absolute atomic E-state index is 0.0228. The number of benzene rings is 2. The molecule has 4 aromatic rings. The topological polar surface area (TPSA) is 75.9 Å². The van der Waals surface area contributed by atoms with E-state index in [4.69, 9.17) is 9.97 Å². The summed E-state index contributed by atoms with van der Waals surface area (Å²) in [5.41, 5.74) is 4.38. The lowest BCUT2D eigenvalue weighted by Gasteiger charge is -2.32. The predicted octanol–water partition coefficient (Wildman–Crippen LogP) is 5.03. The lowest BCUT2D eigenvalue weighted by molar-refractivity contribution is -0.126. The van der Waals surface area contributed by atoms with Crippen LogP contribution in [0.3, 0.4) is 0 Å². The number of hydrogen-bond acceptors (Lipinski definition) is 5. The molecule has 1 fully saturated rings. The van der Waals surface area contributed by atoms with Gasteiger partial charge in [-0.25, -0.2) is 15.0 Å². The Morgan fingerprint density at radius 1 is 1.06 bits per heavy atom. The molecule has 1 atom stereocenters. The quantitative estimate of drug-likeness (QED) is 0.400. The van der Waals surface area contributed by atoms with Crippen molar-refractivity contribution in [2.24, 2.45) is 5.92 Å². The van der Waals surface area contributed by atoms with Gasteiger partial charge < -0.3 is 14.8 Å². The number of fused-ring (bicyclic) bond motifs is 1. The van der Waals surface area contributed by atoms with Crippen molar-refractivity contribution in [2.45, 2.75) is 52.1 Å². The molecule has 2 aromatic heterocycles. The van der Waals surface area contributed by atoms with Crippen molar-refractivity contribution in [3.8, 4) is 0 Å². The number of aromatic nitrogens is 4. The van der Waals surface area contributed by atoms with E-state index < -0.39 is 0 Å². The van der Waals surface area contributed by atoms with Crippen molar-refractivity contribution in [3.63, 3.8) is 0 Å². The number of rotatable bonds is 7. The van der Waals surface area contributed by atoms with Gasteiger partial charge in [-0.3, -0.25) is 4.79 Å². The Hall–Kier alpha value is -3.74. The fourth-order valence-electron chi connectivity index (χ4n) is 4.94. The molecular weight excluding hydrogens is 448 g/mol. The van der Waals surface area contributed by atoms with Gasteiger partial charge in [-0.1, -0.05) is 50.2 Å². The number of amides is 1. The standard InChI is InChI=1S/C29H34N6O/c1-20(2)24-9-10-26-25(17-24)21(3)31-29(33-26)35-14-11-23(12-15-35)28(36)32-27(18-34-16-13-30-19-34)22-7-5-4-6-8-22/h4-10,13,16-17,19-20,23,27H,11-12,14-15,18H2,1-3H3,(H,32,36)/t27-/m0/s1. The maximum atomic E-state index is 13.3. The molecule has 186 valence electrons. The zero-order chi connectivity index (χ0) is 25.1. The fraction of sp³-hybridized carbons (Fsp3) is 0.379. The molecule has 1 amide bonds. The van der Waals surface area contributed by atoms with Crippen LogP contribution in [0.25, 0.3) is 10.9 Å². The van der Waals surface area contributed by atoms with Crippen LogP contribution in [-0.4, -0.2) is 38.5 Å². The van der Waals surface area contributed by atoms with E-state index in [0.717, 1.165) is 54.0 Å². The Balaban J connectivity index is 1.25. The average molecular weight is 483 g/mol. The average Bonchev–Trinajstić information content (AvgIpc) is 3.42. The van der Waals surface area contributed by atoms with Gasteiger partial charge in [0.05, 0.1) is 23.6 Å². The first-order valence-electron chi connectivity index (χ1n) is 12.8. The molecule has 0 bridgehead atoms. The number of imidazole rings is 1. The van der Waals surface area contributed by atoms with Crippen LogP contribution >= 0.6 is 0 Å². The second kappa shape index (κ2) is 10.5. The summed E-state index contributed by atoms with van der Waals surface area (Å²) in [7, 11) is 0. The Labute approximate surface area is 212 Å². The lowest BCUT2D eigenvalue weighted by Crippen LogP contribution is -2.42. The summed E-state index contributed by atoms with van der Waals surface area (Å²) < 4.78 is 2.00. The number of hydrogen-bond donors (Lipinski definition) is 1. The van der Waals surface area contributed by atoms with E-state index >= 15 is 0 Å². The van der Waals surface area contributed by atoms with E-state index in [1.165, 1.54) is 5.56 Å². The maximum absolute atomic E-state index is 13.3. The van der Waals surface area contributed by atoms with Gasteiger partial charge in [-0.2, -0.15) is 0 Å². The Bertz CT molecular complexity index is 1310. The number of carbonyl (C=O) groups excluding carboxylic acids is 1. The van der Waals surface area contributed by atoms with Gasteiger partial charge in [-0.15, -0.1) is 0 Å². The van der Waals surface area contributed by atoms with E-state index in [9.17, 15) is 4.79 Å². The molecule has 0 aliphatic carbocycles. The number of nitrogens with zero attached hydrogens (tertiary/aromatic N) is 5. The van der Waals surface area contributed by atoms with Crippen LogP contribution in [0.2, 0.25) is 0 Å². The number of anilines is 1. The second-order valence-electron chi connectivity index (χ2n) is 10.0. The van der Waals surface area contributed by atoms with Gasteiger partial charge in [0, 0.05) is 43.3 Å². The van der Waals surface area contributed by atoms with Gasteiger partial charge in [0.1, 0.15) is 0 Å². The number of carbonyl (C=O) groups is 1. The molecule has 5 rings (SSSR count). The highest BCUT2D eigenvalue weighted by Gasteiger charge is 2.28. The van der Waals surface area contributed by atoms with E-state index in [1.807, 2.05) is 29.0 Å². The normalized spacial score (nSPS) is 15.4. The van der Waals surface area contributed by atoms with E-state index in [0.29, 0.717) is 12.5 Å². The third-order valence-corrected chi connectivity index (χ3v) is 7.18. The smallest absolute Gasteiger partial charge is 0.226 e. The summed E-state index contributed by atoms with van der Waals surface area (Å²) >= 11 is 0. The van der Waals surface area contributed by atoms with Crippen LogP contribution in [-0.2, 0) is 11.3 Å². The molecule has 7 nitrogen and oxygen atoms in total. The van der Waals surface area contributed by atoms with Crippen LogP contribution in [0.1, 0.15) is 55.5 Å². The first kappa shape index (κ1) is 24.0. The highest BCUT2D eigenvalue weighted by Crippen LogP contribution is 2.27. The third kappa shape index (κ3) is 5.25. The molecule has 0 saturated carbocycles. The molecule has 1 N–H and O–H groups in total. The summed E-state index contributed by atoms with van der Waals surface area (Å²) in [5.74, 6) is 1.32. The largest absolute Gasteiger partial charge is 0.347 e. The summed E-state index contributed by atoms with van der Waals surface area (Å²) in [4.78, 5) is 29.3. The molecule has 0 radical (unpaired) electrons. The van der Waals surface area contributed by atoms with Crippen molar-refractivity contribution in [3.05, 3.63) is 84.1 Å². The number of nitrogens with one attached hydrogen (secondary N) is 1. The summed E-state index contributed by atoms with van der Waals surface area (Å²) in [6.07, 6.45) is 7.04. The van der Waals surface area contributed by atoms with Gasteiger partial charge >= 0.3 is 0 Å². The van der Waals surface area contributed by atoms with Crippen LogP contribution < -0.4 is 10.2 Å². The van der Waals surface area contributed by atoms with Crippen LogP contribution in [0.4, 0.5) is 5.95 Å². The summed E-state index contributed by atoms with van der Waals surface area (Å²) in [5, 5.41) is 4.42. The SMILES string of the molecule is Cc1nc(N2CCC(C(=O)N[C@@H](Cn3ccnc3)c3ccccc3)CC2)nc2ccc(C(C)C)cc12. The van der Waals surface area contributed by atoms with E-state index in [2.05, 4.69) is 66.3 Å². The third-order valence-electron chi connectivity index (χ3n) is 7.18. The van der Waals surface area contributed by atoms with Gasteiger partial charge in [0.15, 0.2) is 0 Å². The number of aryl methyl sites for hydroxylation is 1. The van der Waals surface area contributed by atoms with E-state index in [-0.39, 0.29) is 17.9 Å². The van der Waals surface area contributed by atoms with Crippen LogP contribution in [0.15, 0.2) is 67.3 Å². The van der Waals surface area contributed by atoms with Gasteiger partial charge in [0.25, 0.3) is 0 Å². The first-order valence-corrected chi connectivity index (χ1v) is 12.8. The second-order valence-corrected chi connectivity index (χ2v) is 10.0. The molecular formula is C29H34N6O.